The highest BCUT2D eigenvalue weighted by atomic mass is 16.6. The van der Waals surface area contributed by atoms with Gasteiger partial charge < -0.3 is 14.2 Å². The molecule has 0 amide bonds. The zero-order chi connectivity index (χ0) is 43.7. The summed E-state index contributed by atoms with van der Waals surface area (Å²) in [5, 5.41) is 0. The summed E-state index contributed by atoms with van der Waals surface area (Å²) < 4.78 is 16.8. The van der Waals surface area contributed by atoms with Gasteiger partial charge in [0.25, 0.3) is 0 Å². The zero-order valence-corrected chi connectivity index (χ0v) is 40.0. The summed E-state index contributed by atoms with van der Waals surface area (Å²) in [7, 11) is 0. The maximum atomic E-state index is 12.8. The summed E-state index contributed by atoms with van der Waals surface area (Å²) in [4.78, 5) is 37.9. The Hall–Kier alpha value is -2.37. The fourth-order valence-corrected chi connectivity index (χ4v) is 7.39. The van der Waals surface area contributed by atoms with E-state index in [4.69, 9.17) is 14.2 Å². The Kier molecular flexibility index (Phi) is 47.3. The maximum absolute atomic E-state index is 12.8. The Morgan fingerprint density at radius 2 is 0.617 bits per heavy atom. The van der Waals surface area contributed by atoms with Gasteiger partial charge in [0.05, 0.1) is 0 Å². The van der Waals surface area contributed by atoms with Gasteiger partial charge in [-0.2, -0.15) is 0 Å². The van der Waals surface area contributed by atoms with Crippen molar-refractivity contribution in [3.05, 3.63) is 36.5 Å². The van der Waals surface area contributed by atoms with Crippen molar-refractivity contribution < 1.29 is 28.6 Å². The Morgan fingerprint density at radius 1 is 0.333 bits per heavy atom. The van der Waals surface area contributed by atoms with Gasteiger partial charge >= 0.3 is 17.9 Å². The van der Waals surface area contributed by atoms with E-state index in [0.717, 1.165) is 70.6 Å². The Labute approximate surface area is 372 Å². The third kappa shape index (κ3) is 46.7. The molecule has 0 saturated heterocycles. The van der Waals surface area contributed by atoms with Crippen LogP contribution >= 0.6 is 0 Å². The van der Waals surface area contributed by atoms with E-state index in [0.29, 0.717) is 19.3 Å². The fourth-order valence-electron chi connectivity index (χ4n) is 7.39. The monoisotopic (exact) mass is 843 g/mol. The van der Waals surface area contributed by atoms with Crippen LogP contribution in [0, 0.1) is 0 Å². The minimum atomic E-state index is -0.772. The van der Waals surface area contributed by atoms with E-state index in [1.807, 2.05) is 0 Å². The molecule has 0 aliphatic carbocycles. The van der Waals surface area contributed by atoms with Crippen LogP contribution in [0.2, 0.25) is 0 Å². The van der Waals surface area contributed by atoms with Crippen LogP contribution in [0.5, 0.6) is 0 Å². The average Bonchev–Trinajstić information content (AvgIpc) is 3.24. The van der Waals surface area contributed by atoms with E-state index < -0.39 is 6.10 Å². The predicted octanol–water partition coefficient (Wildman–Crippen LogP) is 16.9. The summed E-state index contributed by atoms with van der Waals surface area (Å²) in [5.41, 5.74) is 0. The Bertz CT molecular complexity index is 1020. The quantitative estimate of drug-likeness (QED) is 0.0263. The Morgan fingerprint density at radius 3 is 1.02 bits per heavy atom. The van der Waals surface area contributed by atoms with E-state index in [1.54, 1.807) is 0 Å². The molecule has 0 rings (SSSR count). The lowest BCUT2D eigenvalue weighted by Gasteiger charge is -2.18. The molecule has 0 radical (unpaired) electrons. The lowest BCUT2D eigenvalue weighted by Crippen LogP contribution is -2.30. The number of esters is 3. The molecule has 60 heavy (non-hydrogen) atoms. The van der Waals surface area contributed by atoms with Crippen molar-refractivity contribution in [3.8, 4) is 0 Å². The van der Waals surface area contributed by atoms with Crippen LogP contribution in [0.25, 0.3) is 0 Å². The van der Waals surface area contributed by atoms with Gasteiger partial charge in [0.15, 0.2) is 6.10 Å². The second-order valence-electron chi connectivity index (χ2n) is 17.4. The van der Waals surface area contributed by atoms with Gasteiger partial charge in [-0.15, -0.1) is 0 Å². The number of carbonyl (C=O) groups excluding carboxylic acids is 3. The van der Waals surface area contributed by atoms with Crippen LogP contribution < -0.4 is 0 Å². The van der Waals surface area contributed by atoms with Crippen LogP contribution in [-0.2, 0) is 28.6 Å². The first-order valence-corrected chi connectivity index (χ1v) is 26.0. The van der Waals surface area contributed by atoms with Crippen molar-refractivity contribution in [2.24, 2.45) is 0 Å². The van der Waals surface area contributed by atoms with Crippen LogP contribution in [0.3, 0.4) is 0 Å². The van der Waals surface area contributed by atoms with Crippen LogP contribution in [0.1, 0.15) is 271 Å². The van der Waals surface area contributed by atoms with Crippen LogP contribution in [-0.4, -0.2) is 37.2 Å². The van der Waals surface area contributed by atoms with E-state index in [-0.39, 0.29) is 31.1 Å². The molecule has 0 saturated carbocycles. The minimum absolute atomic E-state index is 0.0743. The first kappa shape index (κ1) is 57.6. The highest BCUT2D eigenvalue weighted by Gasteiger charge is 2.19. The van der Waals surface area contributed by atoms with Crippen molar-refractivity contribution in [2.45, 2.75) is 277 Å². The SMILES string of the molecule is CCCC/C=C\CCCCCCCC(=O)OCC(COC(=O)CCCCCCCCCCC/C=C\C/C=C\CCCCC)OC(=O)CCCCCCCCCCCCCC. The van der Waals surface area contributed by atoms with Crippen LogP contribution in [0.15, 0.2) is 36.5 Å². The second-order valence-corrected chi connectivity index (χ2v) is 17.4. The highest BCUT2D eigenvalue weighted by molar-refractivity contribution is 5.71. The van der Waals surface area contributed by atoms with Gasteiger partial charge in [-0.3, -0.25) is 14.4 Å². The molecule has 1 atom stereocenters. The van der Waals surface area contributed by atoms with E-state index in [2.05, 4.69) is 57.2 Å². The molecule has 0 aromatic rings. The van der Waals surface area contributed by atoms with Gasteiger partial charge in [0.1, 0.15) is 13.2 Å². The molecule has 0 N–H and O–H groups in total. The molecule has 0 heterocycles. The standard InChI is InChI=1S/C54H98O6/c1-4-7-10-13-16-19-22-24-25-26-27-28-29-30-33-35-38-41-44-47-53(56)59-50-51(49-58-52(55)46-43-40-37-34-31-21-18-15-12-9-6-3)60-54(57)48-45-42-39-36-32-23-20-17-14-11-8-5-2/h15-16,18-19,24-25,51H,4-14,17,20-23,26-50H2,1-3H3/b18-15-,19-16-,25-24-. The van der Waals surface area contributed by atoms with Gasteiger partial charge in [-0.05, 0) is 70.6 Å². The lowest BCUT2D eigenvalue weighted by atomic mass is 10.0. The average molecular weight is 843 g/mol. The van der Waals surface area contributed by atoms with Crippen LogP contribution in [0.4, 0.5) is 0 Å². The topological polar surface area (TPSA) is 78.9 Å². The molecule has 0 aromatic carbocycles. The summed E-state index contributed by atoms with van der Waals surface area (Å²) in [6.07, 6.45) is 57.0. The minimum Gasteiger partial charge on any atom is -0.462 e. The maximum Gasteiger partial charge on any atom is 0.306 e. The number of allylic oxidation sites excluding steroid dienone is 6. The third-order valence-electron chi connectivity index (χ3n) is 11.4. The first-order chi connectivity index (χ1) is 29.5. The summed E-state index contributed by atoms with van der Waals surface area (Å²) in [6, 6.07) is 0. The Balaban J connectivity index is 4.30. The fraction of sp³-hybridized carbons (Fsp3) is 0.833. The molecular weight excluding hydrogens is 745 g/mol. The number of carbonyl (C=O) groups is 3. The van der Waals surface area contributed by atoms with Crippen molar-refractivity contribution in [1.29, 1.82) is 0 Å². The van der Waals surface area contributed by atoms with Crippen molar-refractivity contribution in [2.75, 3.05) is 13.2 Å². The van der Waals surface area contributed by atoms with Gasteiger partial charge in [0, 0.05) is 19.3 Å². The van der Waals surface area contributed by atoms with Crippen molar-refractivity contribution in [3.63, 3.8) is 0 Å². The summed E-state index contributed by atoms with van der Waals surface area (Å²) in [6.45, 7) is 6.58. The number of rotatable bonds is 47. The smallest absolute Gasteiger partial charge is 0.306 e. The molecule has 1 unspecified atom stereocenters. The summed E-state index contributed by atoms with van der Waals surface area (Å²) >= 11 is 0. The molecule has 0 fully saturated rings. The van der Waals surface area contributed by atoms with Gasteiger partial charge in [0.2, 0.25) is 0 Å². The molecule has 6 heteroatoms. The van der Waals surface area contributed by atoms with E-state index in [9.17, 15) is 14.4 Å². The van der Waals surface area contributed by atoms with Crippen molar-refractivity contribution in [1.82, 2.24) is 0 Å². The van der Waals surface area contributed by atoms with Crippen molar-refractivity contribution >= 4 is 17.9 Å². The number of hydrogen-bond donors (Lipinski definition) is 0. The first-order valence-electron chi connectivity index (χ1n) is 26.0. The normalized spacial score (nSPS) is 12.2. The largest absolute Gasteiger partial charge is 0.462 e. The van der Waals surface area contributed by atoms with E-state index >= 15 is 0 Å². The number of hydrogen-bond acceptors (Lipinski definition) is 6. The van der Waals surface area contributed by atoms with E-state index in [1.165, 1.54) is 161 Å². The van der Waals surface area contributed by atoms with Gasteiger partial charge in [-0.25, -0.2) is 0 Å². The molecule has 350 valence electrons. The zero-order valence-electron chi connectivity index (χ0n) is 40.0. The molecule has 0 aliphatic rings. The molecule has 0 aliphatic heterocycles. The lowest BCUT2D eigenvalue weighted by molar-refractivity contribution is -0.167. The number of ether oxygens (including phenoxy) is 3. The predicted molar refractivity (Wildman–Crippen MR) is 256 cm³/mol. The molecule has 0 spiro atoms. The highest BCUT2D eigenvalue weighted by Crippen LogP contribution is 2.15. The third-order valence-corrected chi connectivity index (χ3v) is 11.4. The molecule has 6 nitrogen and oxygen atoms in total. The van der Waals surface area contributed by atoms with Gasteiger partial charge in [-0.1, -0.05) is 218 Å². The molecule has 0 bridgehead atoms. The molecular formula is C54H98O6. The number of unbranched alkanes of at least 4 members (excludes halogenated alkanes) is 30. The second kappa shape index (κ2) is 49.3. The summed E-state index contributed by atoms with van der Waals surface area (Å²) in [5.74, 6) is -0.879. The molecule has 0 aromatic heterocycles.